The topological polar surface area (TPSA) is 46.2 Å². The fourth-order valence-corrected chi connectivity index (χ4v) is 3.34. The Hall–Kier alpha value is -0.140. The van der Waals surface area contributed by atoms with Gasteiger partial charge in [-0.25, -0.2) is 13.1 Å². The number of sulfonamides is 1. The van der Waals surface area contributed by atoms with Gasteiger partial charge in [0.15, 0.2) is 0 Å². The van der Waals surface area contributed by atoms with E-state index in [1.54, 1.807) is 19.1 Å². The van der Waals surface area contributed by atoms with E-state index in [9.17, 15) is 8.42 Å². The summed E-state index contributed by atoms with van der Waals surface area (Å²) in [6, 6.07) is 5.26. The van der Waals surface area contributed by atoms with Crippen LogP contribution >= 0.6 is 22.6 Å². The van der Waals surface area contributed by atoms with Crippen LogP contribution in [0.1, 0.15) is 12.5 Å². The van der Waals surface area contributed by atoms with Crippen molar-refractivity contribution < 1.29 is 8.42 Å². The van der Waals surface area contributed by atoms with Gasteiger partial charge in [-0.05, 0) is 53.3 Å². The second kappa shape index (κ2) is 4.59. The molecule has 3 nitrogen and oxygen atoms in total. The van der Waals surface area contributed by atoms with Crippen LogP contribution in [0.2, 0.25) is 0 Å². The van der Waals surface area contributed by atoms with Crippen molar-refractivity contribution in [3.63, 3.8) is 0 Å². The summed E-state index contributed by atoms with van der Waals surface area (Å²) in [4.78, 5) is 0.337. The van der Waals surface area contributed by atoms with Crippen LogP contribution in [0.25, 0.3) is 0 Å². The Kier molecular flexibility index (Phi) is 3.91. The van der Waals surface area contributed by atoms with E-state index >= 15 is 0 Å². The number of hydrogen-bond acceptors (Lipinski definition) is 2. The first kappa shape index (κ1) is 11.9. The van der Waals surface area contributed by atoms with Gasteiger partial charge >= 0.3 is 0 Å². The second-order valence-electron chi connectivity index (χ2n) is 2.97. The molecule has 0 fully saturated rings. The third-order valence-electron chi connectivity index (χ3n) is 1.66. The number of nitrogens with one attached hydrogen (secondary N) is 1. The number of halogens is 1. The highest BCUT2D eigenvalue weighted by Crippen LogP contribution is 2.15. The second-order valence-corrected chi connectivity index (χ2v) is 5.98. The van der Waals surface area contributed by atoms with E-state index < -0.39 is 10.0 Å². The minimum absolute atomic E-state index is 0.337. The van der Waals surface area contributed by atoms with E-state index in [0.29, 0.717) is 11.4 Å². The van der Waals surface area contributed by atoms with Gasteiger partial charge in [0.1, 0.15) is 0 Å². The molecule has 0 aliphatic heterocycles. The van der Waals surface area contributed by atoms with Gasteiger partial charge < -0.3 is 0 Å². The van der Waals surface area contributed by atoms with E-state index in [2.05, 4.69) is 27.3 Å². The number of rotatable bonds is 3. The average Bonchev–Trinajstić information content (AvgIpc) is 2.02. The Morgan fingerprint density at radius 3 is 2.50 bits per heavy atom. The smallest absolute Gasteiger partial charge is 0.211 e. The zero-order valence-electron chi connectivity index (χ0n) is 8.04. The van der Waals surface area contributed by atoms with Crippen molar-refractivity contribution in [3.05, 3.63) is 27.3 Å². The Labute approximate surface area is 98.1 Å². The number of aryl methyl sites for hydroxylation is 1. The molecule has 5 heteroatoms. The summed E-state index contributed by atoms with van der Waals surface area (Å²) in [5, 5.41) is 0. The minimum atomic E-state index is -3.31. The van der Waals surface area contributed by atoms with Crippen molar-refractivity contribution in [1.82, 2.24) is 4.72 Å². The lowest BCUT2D eigenvalue weighted by Crippen LogP contribution is -2.23. The predicted molar refractivity (Wildman–Crippen MR) is 64.8 cm³/mol. The highest BCUT2D eigenvalue weighted by atomic mass is 127. The molecule has 0 radical (unpaired) electrons. The van der Waals surface area contributed by atoms with Crippen LogP contribution in [-0.4, -0.2) is 15.0 Å². The van der Waals surface area contributed by atoms with E-state index in [0.717, 1.165) is 9.13 Å². The Bertz CT molecular complexity index is 408. The molecule has 0 saturated heterocycles. The summed E-state index contributed by atoms with van der Waals surface area (Å²) < 4.78 is 26.6. The lowest BCUT2D eigenvalue weighted by molar-refractivity contribution is 0.584. The summed E-state index contributed by atoms with van der Waals surface area (Å²) in [7, 11) is -3.31. The molecule has 0 amide bonds. The van der Waals surface area contributed by atoms with Gasteiger partial charge in [-0.1, -0.05) is 6.92 Å². The molecule has 0 unspecified atom stereocenters. The first-order valence-electron chi connectivity index (χ1n) is 4.22. The Morgan fingerprint density at radius 2 is 2.00 bits per heavy atom. The van der Waals surface area contributed by atoms with Crippen molar-refractivity contribution in [3.8, 4) is 0 Å². The quantitative estimate of drug-likeness (QED) is 0.863. The summed E-state index contributed by atoms with van der Waals surface area (Å²) in [6.07, 6.45) is 0. The van der Waals surface area contributed by atoms with Crippen molar-refractivity contribution >= 4 is 32.6 Å². The third-order valence-corrected chi connectivity index (χ3v) is 3.81. The molecule has 0 saturated carbocycles. The van der Waals surface area contributed by atoms with E-state index in [1.807, 2.05) is 13.0 Å². The highest BCUT2D eigenvalue weighted by Gasteiger charge is 2.12. The summed E-state index contributed by atoms with van der Waals surface area (Å²) in [5.74, 6) is 0. The molecule has 1 aromatic rings. The minimum Gasteiger partial charge on any atom is -0.211 e. The van der Waals surface area contributed by atoms with Gasteiger partial charge in [-0.3, -0.25) is 0 Å². The summed E-state index contributed by atoms with van der Waals surface area (Å²) in [6.45, 7) is 4.05. The molecule has 0 atom stereocenters. The normalized spacial score (nSPS) is 11.6. The maximum atomic E-state index is 11.6. The first-order valence-corrected chi connectivity index (χ1v) is 6.79. The van der Waals surface area contributed by atoms with Gasteiger partial charge in [0.2, 0.25) is 10.0 Å². The molecule has 0 heterocycles. The van der Waals surface area contributed by atoms with Crippen LogP contribution in [0.15, 0.2) is 23.1 Å². The van der Waals surface area contributed by atoms with Crippen molar-refractivity contribution in [1.29, 1.82) is 0 Å². The number of hydrogen-bond donors (Lipinski definition) is 1. The van der Waals surface area contributed by atoms with Gasteiger partial charge in [0.25, 0.3) is 0 Å². The molecule has 1 aromatic carbocycles. The Morgan fingerprint density at radius 1 is 1.36 bits per heavy atom. The highest BCUT2D eigenvalue weighted by molar-refractivity contribution is 14.1. The maximum absolute atomic E-state index is 11.6. The first-order chi connectivity index (χ1) is 6.45. The fourth-order valence-electron chi connectivity index (χ4n) is 1.13. The average molecular weight is 325 g/mol. The Balaban J connectivity index is 3.19. The standard InChI is InChI=1S/C9H12INO2S/c1-3-11-14(12,13)9-5-7(2)4-8(10)6-9/h4-6,11H,3H2,1-2H3. The molecule has 0 aromatic heterocycles. The zero-order chi connectivity index (χ0) is 10.8. The van der Waals surface area contributed by atoms with Crippen molar-refractivity contribution in [2.45, 2.75) is 18.7 Å². The van der Waals surface area contributed by atoms with Crippen LogP contribution < -0.4 is 4.72 Å². The molecule has 78 valence electrons. The molecule has 0 bridgehead atoms. The molecule has 0 aliphatic carbocycles. The molecule has 1 N–H and O–H groups in total. The van der Waals surface area contributed by atoms with Crippen LogP contribution in [0.5, 0.6) is 0 Å². The third kappa shape index (κ3) is 2.93. The fraction of sp³-hybridized carbons (Fsp3) is 0.333. The van der Waals surface area contributed by atoms with Crippen molar-refractivity contribution in [2.75, 3.05) is 6.54 Å². The van der Waals surface area contributed by atoms with Crippen LogP contribution in [-0.2, 0) is 10.0 Å². The van der Waals surface area contributed by atoms with E-state index in [1.165, 1.54) is 0 Å². The number of benzene rings is 1. The van der Waals surface area contributed by atoms with E-state index in [4.69, 9.17) is 0 Å². The van der Waals surface area contributed by atoms with Crippen LogP contribution in [0.4, 0.5) is 0 Å². The monoisotopic (exact) mass is 325 g/mol. The zero-order valence-corrected chi connectivity index (χ0v) is 11.0. The maximum Gasteiger partial charge on any atom is 0.240 e. The van der Waals surface area contributed by atoms with Crippen LogP contribution in [0.3, 0.4) is 0 Å². The molecular formula is C9H12INO2S. The molecule has 1 rings (SSSR count). The van der Waals surface area contributed by atoms with Crippen molar-refractivity contribution in [2.24, 2.45) is 0 Å². The molecule has 14 heavy (non-hydrogen) atoms. The lowest BCUT2D eigenvalue weighted by Gasteiger charge is -2.05. The van der Waals surface area contributed by atoms with Gasteiger partial charge in [-0.2, -0.15) is 0 Å². The molecule has 0 spiro atoms. The summed E-state index contributed by atoms with van der Waals surface area (Å²) >= 11 is 2.11. The lowest BCUT2D eigenvalue weighted by atomic mass is 10.2. The van der Waals surface area contributed by atoms with Gasteiger partial charge in [-0.15, -0.1) is 0 Å². The molecular weight excluding hydrogens is 313 g/mol. The predicted octanol–water partition coefficient (Wildman–Crippen LogP) is 1.90. The molecule has 0 aliphatic rings. The SMILES string of the molecule is CCNS(=O)(=O)c1cc(C)cc(I)c1. The van der Waals surface area contributed by atoms with Crippen LogP contribution in [0, 0.1) is 10.5 Å². The van der Waals surface area contributed by atoms with Gasteiger partial charge in [0, 0.05) is 10.1 Å². The largest absolute Gasteiger partial charge is 0.240 e. The van der Waals surface area contributed by atoms with Gasteiger partial charge in [0.05, 0.1) is 4.90 Å². The summed E-state index contributed by atoms with van der Waals surface area (Å²) in [5.41, 5.74) is 0.952. The van der Waals surface area contributed by atoms with E-state index in [-0.39, 0.29) is 0 Å².